The maximum Gasteiger partial charge on any atom is 0.450 e. The Bertz CT molecular complexity index is 473. The first kappa shape index (κ1) is 16.6. The largest absolute Gasteiger partial charge is 0.450 e. The Hall–Kier alpha value is -1.44. The van der Waals surface area contributed by atoms with Crippen LogP contribution in [0.5, 0.6) is 0 Å². The van der Waals surface area contributed by atoms with Gasteiger partial charge in [-0.25, -0.2) is 0 Å². The predicted octanol–water partition coefficient (Wildman–Crippen LogP) is 2.97. The third kappa shape index (κ3) is 3.36. The van der Waals surface area contributed by atoms with E-state index >= 15 is 0 Å². The standard InChI is InChI=1S/C12H17F3N2O3/c1-5-11(4,19-6-2)10-16-9(20-17-10)7(3)8(18)12(13,14)15/h7H,5-6H2,1-4H3. The summed E-state index contributed by atoms with van der Waals surface area (Å²) in [6.07, 6.45) is -4.41. The quantitative estimate of drug-likeness (QED) is 0.807. The highest BCUT2D eigenvalue weighted by Crippen LogP contribution is 2.30. The molecule has 20 heavy (non-hydrogen) atoms. The first-order chi connectivity index (χ1) is 9.15. The lowest BCUT2D eigenvalue weighted by Gasteiger charge is -2.23. The summed E-state index contributed by atoms with van der Waals surface area (Å²) < 4.78 is 47.3. The zero-order valence-corrected chi connectivity index (χ0v) is 11.7. The molecule has 1 aromatic rings. The minimum absolute atomic E-state index is 0.138. The average Bonchev–Trinajstić information content (AvgIpc) is 2.86. The van der Waals surface area contributed by atoms with E-state index in [4.69, 9.17) is 9.26 Å². The van der Waals surface area contributed by atoms with Gasteiger partial charge < -0.3 is 9.26 Å². The number of nitrogens with zero attached hydrogens (tertiary/aromatic N) is 2. The van der Waals surface area contributed by atoms with Crippen molar-refractivity contribution in [3.63, 3.8) is 0 Å². The molecule has 8 heteroatoms. The highest BCUT2D eigenvalue weighted by molar-refractivity contribution is 5.89. The van der Waals surface area contributed by atoms with Gasteiger partial charge in [-0.15, -0.1) is 0 Å². The van der Waals surface area contributed by atoms with E-state index in [1.54, 1.807) is 13.8 Å². The van der Waals surface area contributed by atoms with Crippen LogP contribution in [0.25, 0.3) is 0 Å². The summed E-state index contributed by atoms with van der Waals surface area (Å²) in [6, 6.07) is 0. The van der Waals surface area contributed by atoms with Gasteiger partial charge in [-0.2, -0.15) is 18.2 Å². The number of ketones is 1. The van der Waals surface area contributed by atoms with Crippen LogP contribution < -0.4 is 0 Å². The van der Waals surface area contributed by atoms with Crippen molar-refractivity contribution in [3.05, 3.63) is 11.7 Å². The molecule has 1 heterocycles. The van der Waals surface area contributed by atoms with E-state index in [1.807, 2.05) is 6.92 Å². The zero-order chi connectivity index (χ0) is 15.6. The van der Waals surface area contributed by atoms with Crippen LogP contribution >= 0.6 is 0 Å². The molecule has 0 N–H and O–H groups in total. The van der Waals surface area contributed by atoms with Gasteiger partial charge in [0, 0.05) is 6.61 Å². The summed E-state index contributed by atoms with van der Waals surface area (Å²) in [5.74, 6) is -3.67. The van der Waals surface area contributed by atoms with Crippen LogP contribution in [0.1, 0.15) is 51.7 Å². The van der Waals surface area contributed by atoms with Gasteiger partial charge in [-0.1, -0.05) is 12.1 Å². The molecule has 0 bridgehead atoms. The number of aromatic nitrogens is 2. The molecule has 0 fully saturated rings. The van der Waals surface area contributed by atoms with Gasteiger partial charge in [-0.05, 0) is 27.2 Å². The third-order valence-electron chi connectivity index (χ3n) is 3.10. The van der Waals surface area contributed by atoms with E-state index in [0.717, 1.165) is 6.92 Å². The summed E-state index contributed by atoms with van der Waals surface area (Å²) in [5, 5.41) is 3.63. The fourth-order valence-corrected chi connectivity index (χ4v) is 1.63. The van der Waals surface area contributed by atoms with Crippen LogP contribution in [0.15, 0.2) is 4.52 Å². The Labute approximate surface area is 114 Å². The van der Waals surface area contributed by atoms with Gasteiger partial charge in [0.25, 0.3) is 0 Å². The highest BCUT2D eigenvalue weighted by atomic mass is 19.4. The summed E-state index contributed by atoms with van der Waals surface area (Å²) in [4.78, 5) is 15.0. The van der Waals surface area contributed by atoms with Crippen molar-refractivity contribution in [2.24, 2.45) is 0 Å². The lowest BCUT2D eigenvalue weighted by Crippen LogP contribution is -2.28. The number of ether oxygens (including phenoxy) is 1. The molecule has 0 saturated carbocycles. The van der Waals surface area contributed by atoms with E-state index in [2.05, 4.69) is 10.1 Å². The van der Waals surface area contributed by atoms with Gasteiger partial charge >= 0.3 is 6.18 Å². The normalized spacial score (nSPS) is 16.8. The van der Waals surface area contributed by atoms with Crippen LogP contribution in [-0.4, -0.2) is 28.7 Å². The zero-order valence-electron chi connectivity index (χ0n) is 11.7. The van der Waals surface area contributed by atoms with Crippen molar-refractivity contribution in [3.8, 4) is 0 Å². The van der Waals surface area contributed by atoms with Crippen molar-refractivity contribution < 1.29 is 27.2 Å². The van der Waals surface area contributed by atoms with Crippen molar-refractivity contribution in [2.45, 2.75) is 51.8 Å². The molecule has 0 amide bonds. The van der Waals surface area contributed by atoms with E-state index in [9.17, 15) is 18.0 Å². The van der Waals surface area contributed by atoms with Crippen LogP contribution in [0.3, 0.4) is 0 Å². The van der Waals surface area contributed by atoms with Crippen molar-refractivity contribution in [2.75, 3.05) is 6.61 Å². The van der Waals surface area contributed by atoms with Crippen molar-refractivity contribution >= 4 is 5.78 Å². The minimum Gasteiger partial charge on any atom is -0.367 e. The number of carbonyl (C=O) groups excluding carboxylic acids is 1. The third-order valence-corrected chi connectivity index (χ3v) is 3.10. The van der Waals surface area contributed by atoms with Gasteiger partial charge in [0.15, 0.2) is 0 Å². The lowest BCUT2D eigenvalue weighted by atomic mass is 10.0. The number of halogens is 3. The smallest absolute Gasteiger partial charge is 0.367 e. The van der Waals surface area contributed by atoms with Gasteiger partial charge in [0.05, 0.1) is 0 Å². The fraction of sp³-hybridized carbons (Fsp3) is 0.750. The SMILES string of the molecule is CCOC(C)(CC)c1noc(C(C)C(=O)C(F)(F)F)n1. The lowest BCUT2D eigenvalue weighted by molar-refractivity contribution is -0.172. The molecule has 0 aliphatic rings. The Morgan fingerprint density at radius 1 is 1.40 bits per heavy atom. The molecule has 2 atom stereocenters. The minimum atomic E-state index is -4.93. The van der Waals surface area contributed by atoms with E-state index in [0.29, 0.717) is 13.0 Å². The molecular formula is C12H17F3N2O3. The summed E-state index contributed by atoms with van der Waals surface area (Å²) >= 11 is 0. The molecule has 0 radical (unpaired) electrons. The number of hydrogen-bond acceptors (Lipinski definition) is 5. The van der Waals surface area contributed by atoms with E-state index in [1.165, 1.54) is 0 Å². The van der Waals surface area contributed by atoms with Crippen LogP contribution in [-0.2, 0) is 15.1 Å². The van der Waals surface area contributed by atoms with Gasteiger partial charge in [0.2, 0.25) is 17.5 Å². The molecule has 0 spiro atoms. The first-order valence-corrected chi connectivity index (χ1v) is 6.24. The summed E-state index contributed by atoms with van der Waals surface area (Å²) in [6.45, 7) is 6.80. The number of carbonyl (C=O) groups is 1. The van der Waals surface area contributed by atoms with Crippen LogP contribution in [0, 0.1) is 0 Å². The molecule has 5 nitrogen and oxygen atoms in total. The van der Waals surface area contributed by atoms with Crippen molar-refractivity contribution in [1.29, 1.82) is 0 Å². The van der Waals surface area contributed by atoms with E-state index < -0.39 is 23.5 Å². The molecule has 1 rings (SSSR count). The number of Topliss-reactive ketones (excluding diaryl/α,β-unsaturated/α-hetero) is 1. The second-order valence-corrected chi connectivity index (χ2v) is 4.56. The molecule has 0 aliphatic carbocycles. The van der Waals surface area contributed by atoms with Crippen LogP contribution in [0.4, 0.5) is 13.2 Å². The average molecular weight is 294 g/mol. The molecule has 0 aliphatic heterocycles. The van der Waals surface area contributed by atoms with E-state index in [-0.39, 0.29) is 11.7 Å². The second-order valence-electron chi connectivity index (χ2n) is 4.56. The predicted molar refractivity (Wildman–Crippen MR) is 63.0 cm³/mol. The number of alkyl halides is 3. The molecule has 0 saturated heterocycles. The number of rotatable bonds is 6. The summed E-state index contributed by atoms with van der Waals surface area (Å²) in [5.41, 5.74) is -0.850. The molecule has 114 valence electrons. The maximum absolute atomic E-state index is 12.3. The van der Waals surface area contributed by atoms with Crippen LogP contribution in [0.2, 0.25) is 0 Å². The van der Waals surface area contributed by atoms with Crippen molar-refractivity contribution in [1.82, 2.24) is 10.1 Å². The number of hydrogen-bond donors (Lipinski definition) is 0. The maximum atomic E-state index is 12.3. The topological polar surface area (TPSA) is 65.2 Å². The Morgan fingerprint density at radius 2 is 2.00 bits per heavy atom. The van der Waals surface area contributed by atoms with Gasteiger partial charge in [-0.3, -0.25) is 4.79 Å². The first-order valence-electron chi connectivity index (χ1n) is 6.24. The Morgan fingerprint density at radius 3 is 2.45 bits per heavy atom. The highest BCUT2D eigenvalue weighted by Gasteiger charge is 2.44. The summed E-state index contributed by atoms with van der Waals surface area (Å²) in [7, 11) is 0. The molecule has 2 unspecified atom stereocenters. The Kier molecular flexibility index (Phi) is 4.90. The molecular weight excluding hydrogens is 277 g/mol. The monoisotopic (exact) mass is 294 g/mol. The molecule has 1 aromatic heterocycles. The Balaban J connectivity index is 3.00. The molecule has 0 aromatic carbocycles. The fourth-order valence-electron chi connectivity index (χ4n) is 1.63. The van der Waals surface area contributed by atoms with Gasteiger partial charge in [0.1, 0.15) is 11.5 Å². The second kappa shape index (κ2) is 5.90.